The second-order valence-corrected chi connectivity index (χ2v) is 9.24. The minimum absolute atomic E-state index is 0.310. The minimum atomic E-state index is -1.82. The second kappa shape index (κ2) is 14.7. The Morgan fingerprint density at radius 3 is 2.17 bits per heavy atom. The summed E-state index contributed by atoms with van der Waals surface area (Å²) in [5, 5.41) is 59.9. The molecule has 2 rings (SSSR count). The average Bonchev–Trinajstić information content (AvgIpc) is 3.14. The quantitative estimate of drug-likeness (QED) is 0.127. The summed E-state index contributed by atoms with van der Waals surface area (Å²) in [4.78, 5) is 24.9. The fraction of sp³-hybridized carbons (Fsp3) is 0.833. The fourth-order valence-corrected chi connectivity index (χ4v) is 4.14. The minimum Gasteiger partial charge on any atom is -0.505 e. The molecule has 0 aromatic carbocycles. The van der Waals surface area contributed by atoms with Gasteiger partial charge in [0.2, 0.25) is 12.0 Å². The first-order chi connectivity index (χ1) is 17.2. The highest BCUT2D eigenvalue weighted by molar-refractivity contribution is 5.89. The number of carbonyl (C=O) groups is 2. The van der Waals surface area contributed by atoms with E-state index in [1.807, 2.05) is 0 Å². The number of rotatable bonds is 15. The molecule has 2 unspecified atom stereocenters. The van der Waals surface area contributed by atoms with Crippen molar-refractivity contribution < 1.29 is 59.2 Å². The van der Waals surface area contributed by atoms with Gasteiger partial charge in [-0.3, -0.25) is 4.79 Å². The Labute approximate surface area is 210 Å². The third kappa shape index (κ3) is 7.77. The summed E-state index contributed by atoms with van der Waals surface area (Å²) in [5.74, 6) is -3.56. The number of hydrogen-bond acceptors (Lipinski definition) is 12. The summed E-state index contributed by atoms with van der Waals surface area (Å²) in [5.41, 5.74) is 0. The van der Waals surface area contributed by atoms with Gasteiger partial charge >= 0.3 is 11.9 Å². The fourth-order valence-electron chi connectivity index (χ4n) is 4.14. The summed E-state index contributed by atoms with van der Waals surface area (Å²) in [7, 11) is 0. The van der Waals surface area contributed by atoms with E-state index < -0.39 is 79.6 Å². The molecule has 0 amide bonds. The van der Waals surface area contributed by atoms with Crippen LogP contribution < -0.4 is 0 Å². The number of aliphatic hydroxyl groups excluding tert-OH is 6. The molecule has 0 saturated carbocycles. The molecule has 1 saturated heterocycles. The van der Waals surface area contributed by atoms with Crippen LogP contribution in [0, 0.1) is 5.92 Å². The lowest BCUT2D eigenvalue weighted by Gasteiger charge is -2.39. The largest absolute Gasteiger partial charge is 0.505 e. The first-order valence-corrected chi connectivity index (χ1v) is 12.6. The van der Waals surface area contributed by atoms with Crippen molar-refractivity contribution in [3.8, 4) is 0 Å². The third-order valence-electron chi connectivity index (χ3n) is 6.40. The van der Waals surface area contributed by atoms with Gasteiger partial charge < -0.3 is 49.6 Å². The molecule has 1 fully saturated rings. The van der Waals surface area contributed by atoms with Gasteiger partial charge in [0.05, 0.1) is 12.5 Å². The Morgan fingerprint density at radius 2 is 1.61 bits per heavy atom. The number of ether oxygens (including phenoxy) is 4. The number of cyclic esters (lactones) is 1. The van der Waals surface area contributed by atoms with Crippen molar-refractivity contribution in [1.29, 1.82) is 0 Å². The highest BCUT2D eigenvalue weighted by Gasteiger charge is 2.48. The van der Waals surface area contributed by atoms with Crippen LogP contribution in [0.25, 0.3) is 0 Å². The Hall–Kier alpha value is -1.96. The molecule has 6 N–H and O–H groups in total. The number of esters is 2. The van der Waals surface area contributed by atoms with Crippen LogP contribution in [0.3, 0.4) is 0 Å². The lowest BCUT2D eigenvalue weighted by atomic mass is 9.95. The van der Waals surface area contributed by atoms with Crippen LogP contribution in [-0.2, 0) is 28.5 Å². The number of unbranched alkanes of at least 4 members (excludes halogenated alkanes) is 4. The zero-order valence-electron chi connectivity index (χ0n) is 20.8. The van der Waals surface area contributed by atoms with Crippen LogP contribution in [0.1, 0.15) is 65.2 Å². The van der Waals surface area contributed by atoms with Crippen LogP contribution in [0.4, 0.5) is 0 Å². The molecule has 0 aliphatic carbocycles. The summed E-state index contributed by atoms with van der Waals surface area (Å²) in [6.07, 6.45) is -4.30. The Morgan fingerprint density at radius 1 is 1.00 bits per heavy atom. The summed E-state index contributed by atoms with van der Waals surface area (Å²) in [6.45, 7) is 2.88. The molecule has 2 aliphatic heterocycles. The zero-order chi connectivity index (χ0) is 26.8. The van der Waals surface area contributed by atoms with Crippen molar-refractivity contribution in [2.45, 2.75) is 108 Å². The Kier molecular flexibility index (Phi) is 12.4. The SMILES string of the molecule is CCCCCC(CCCCC)C(=O)OCC(O)C1OC(=O)C(O[C@H]2O[C@H](CO)[C@@H](O)[C@H](O)[C@H]2O)=C1O. The Balaban J connectivity index is 1.98. The van der Waals surface area contributed by atoms with Crippen molar-refractivity contribution in [1.82, 2.24) is 0 Å². The maximum absolute atomic E-state index is 12.6. The van der Waals surface area contributed by atoms with Gasteiger partial charge in [-0.2, -0.15) is 0 Å². The zero-order valence-corrected chi connectivity index (χ0v) is 20.8. The summed E-state index contributed by atoms with van der Waals surface area (Å²) in [6, 6.07) is 0. The van der Waals surface area contributed by atoms with Crippen molar-refractivity contribution in [3.63, 3.8) is 0 Å². The topological polar surface area (TPSA) is 192 Å². The molecule has 2 heterocycles. The van der Waals surface area contributed by atoms with E-state index in [0.717, 1.165) is 38.5 Å². The third-order valence-corrected chi connectivity index (χ3v) is 6.40. The van der Waals surface area contributed by atoms with Crippen molar-refractivity contribution in [3.05, 3.63) is 11.5 Å². The lowest BCUT2D eigenvalue weighted by Crippen LogP contribution is -2.59. The predicted molar refractivity (Wildman–Crippen MR) is 123 cm³/mol. The standard InChI is InChI=1S/C24H40O12/c1-3-5-7-9-13(10-8-6-4-2)22(31)33-12-14(26)20-19(30)21(23(32)35-20)36-24-18(29)17(28)16(27)15(11-25)34-24/h13-18,20,24-30H,3-12H2,1-2H3/t14?,15-,16-,17+,18-,20?,24-/m1/s1. The monoisotopic (exact) mass is 520 g/mol. The molecule has 0 aromatic heterocycles. The molecular formula is C24H40O12. The molecular weight excluding hydrogens is 480 g/mol. The van der Waals surface area contributed by atoms with Gasteiger partial charge in [0, 0.05) is 0 Å². The van der Waals surface area contributed by atoms with Gasteiger partial charge in [-0.1, -0.05) is 52.4 Å². The Bertz CT molecular complexity index is 729. The predicted octanol–water partition coefficient (Wildman–Crippen LogP) is 0.179. The highest BCUT2D eigenvalue weighted by atomic mass is 16.7. The van der Waals surface area contributed by atoms with Gasteiger partial charge in [0.25, 0.3) is 0 Å². The first-order valence-electron chi connectivity index (χ1n) is 12.6. The molecule has 0 spiro atoms. The van der Waals surface area contributed by atoms with Crippen molar-refractivity contribution >= 4 is 11.9 Å². The van der Waals surface area contributed by atoms with Crippen LogP contribution in [0.15, 0.2) is 11.5 Å². The van der Waals surface area contributed by atoms with Crippen molar-refractivity contribution in [2.75, 3.05) is 13.2 Å². The first kappa shape index (κ1) is 30.3. The lowest BCUT2D eigenvalue weighted by molar-refractivity contribution is -0.291. The molecule has 0 radical (unpaired) electrons. The van der Waals surface area contributed by atoms with E-state index in [1.165, 1.54) is 0 Å². The maximum Gasteiger partial charge on any atom is 0.378 e. The van der Waals surface area contributed by atoms with Gasteiger partial charge in [-0.25, -0.2) is 4.79 Å². The molecule has 7 atom stereocenters. The molecule has 0 aromatic rings. The molecule has 12 heteroatoms. The van der Waals surface area contributed by atoms with E-state index in [0.29, 0.717) is 12.8 Å². The van der Waals surface area contributed by atoms with Gasteiger partial charge in [0.1, 0.15) is 37.1 Å². The summed E-state index contributed by atoms with van der Waals surface area (Å²) < 4.78 is 20.6. The van der Waals surface area contributed by atoms with E-state index in [2.05, 4.69) is 13.8 Å². The molecule has 2 aliphatic rings. The van der Waals surface area contributed by atoms with E-state index >= 15 is 0 Å². The molecule has 0 bridgehead atoms. The van der Waals surface area contributed by atoms with E-state index in [-0.39, 0.29) is 5.92 Å². The van der Waals surface area contributed by atoms with Gasteiger partial charge in [-0.15, -0.1) is 0 Å². The van der Waals surface area contributed by atoms with Crippen LogP contribution in [0.2, 0.25) is 0 Å². The van der Waals surface area contributed by atoms with Gasteiger partial charge in [-0.05, 0) is 12.8 Å². The highest BCUT2D eigenvalue weighted by Crippen LogP contribution is 2.30. The normalized spacial score (nSPS) is 29.4. The van der Waals surface area contributed by atoms with Crippen LogP contribution in [0.5, 0.6) is 0 Å². The number of aliphatic hydroxyl groups is 6. The van der Waals surface area contributed by atoms with Gasteiger partial charge in [0.15, 0.2) is 11.9 Å². The van der Waals surface area contributed by atoms with Crippen LogP contribution >= 0.6 is 0 Å². The van der Waals surface area contributed by atoms with Crippen molar-refractivity contribution in [2.24, 2.45) is 5.92 Å². The number of hydrogen-bond donors (Lipinski definition) is 6. The average molecular weight is 521 g/mol. The molecule has 208 valence electrons. The number of carbonyl (C=O) groups excluding carboxylic acids is 2. The maximum atomic E-state index is 12.6. The summed E-state index contributed by atoms with van der Waals surface area (Å²) >= 11 is 0. The molecule has 36 heavy (non-hydrogen) atoms. The second-order valence-electron chi connectivity index (χ2n) is 9.24. The van der Waals surface area contributed by atoms with Crippen LogP contribution in [-0.4, -0.2) is 98.7 Å². The molecule has 12 nitrogen and oxygen atoms in total. The van der Waals surface area contributed by atoms with E-state index in [4.69, 9.17) is 18.9 Å². The van der Waals surface area contributed by atoms with E-state index in [1.54, 1.807) is 0 Å². The smallest absolute Gasteiger partial charge is 0.378 e. The van der Waals surface area contributed by atoms with E-state index in [9.17, 15) is 40.2 Å².